The van der Waals surface area contributed by atoms with E-state index in [9.17, 15) is 22.0 Å². The average molecular weight is 643 g/mol. The molecule has 0 aliphatic carbocycles. The maximum absolute atomic E-state index is 15.2. The van der Waals surface area contributed by atoms with Crippen molar-refractivity contribution in [2.45, 2.75) is 25.6 Å². The summed E-state index contributed by atoms with van der Waals surface area (Å²) in [4.78, 5) is 0. The highest BCUT2D eigenvalue weighted by molar-refractivity contribution is 5.75. The van der Waals surface area contributed by atoms with Gasteiger partial charge in [-0.3, -0.25) is 0 Å². The Bertz CT molecular complexity index is 1790. The van der Waals surface area contributed by atoms with Gasteiger partial charge < -0.3 is 9.47 Å². The quantitative estimate of drug-likeness (QED) is 0.105. The number of ether oxygens (including phenoxy) is 2. The summed E-state index contributed by atoms with van der Waals surface area (Å²) in [5, 5.41) is 0. The number of hydrogen-bond donors (Lipinski definition) is 0. The molecule has 5 rings (SSSR count). The summed E-state index contributed by atoms with van der Waals surface area (Å²) in [7, 11) is 1.63. The molecular weight excluding hydrogens is 616 g/mol. The van der Waals surface area contributed by atoms with E-state index in [1.54, 1.807) is 13.2 Å². The zero-order chi connectivity index (χ0) is 33.0. The van der Waals surface area contributed by atoms with Crippen molar-refractivity contribution < 1.29 is 44.6 Å². The third-order valence-corrected chi connectivity index (χ3v) is 7.37. The van der Waals surface area contributed by atoms with Crippen LogP contribution >= 0.6 is 0 Å². The Morgan fingerprint density at radius 1 is 0.587 bits per heavy atom. The average Bonchev–Trinajstić information content (AvgIpc) is 3.01. The van der Waals surface area contributed by atoms with Crippen LogP contribution in [0.3, 0.4) is 0 Å². The van der Waals surface area contributed by atoms with E-state index in [4.69, 9.17) is 4.74 Å². The van der Waals surface area contributed by atoms with Crippen molar-refractivity contribution in [3.05, 3.63) is 137 Å². The molecule has 0 aliphatic rings. The van der Waals surface area contributed by atoms with E-state index in [-0.39, 0.29) is 16.7 Å². The van der Waals surface area contributed by atoms with Gasteiger partial charge >= 0.3 is 6.11 Å². The smallest absolute Gasteiger partial charge is 0.429 e. The fourth-order valence-corrected chi connectivity index (χ4v) is 5.06. The fraction of sp³-hybridized carbons (Fsp3) is 0.167. The number of methoxy groups -OCH3 is 1. The molecule has 0 unspecified atom stereocenters. The number of aryl methyl sites for hydroxylation is 1. The first-order valence-corrected chi connectivity index (χ1v) is 14.1. The highest BCUT2D eigenvalue weighted by atomic mass is 19.3. The van der Waals surface area contributed by atoms with Gasteiger partial charge in [-0.05, 0) is 88.7 Å². The third kappa shape index (κ3) is 7.07. The Morgan fingerprint density at radius 3 is 1.70 bits per heavy atom. The summed E-state index contributed by atoms with van der Waals surface area (Å²) >= 11 is 0. The van der Waals surface area contributed by atoms with Gasteiger partial charge in [-0.15, -0.1) is 0 Å². The summed E-state index contributed by atoms with van der Waals surface area (Å²) in [6, 6.07) is 18.2. The summed E-state index contributed by atoms with van der Waals surface area (Å²) in [5.41, 5.74) is -1.19. The van der Waals surface area contributed by atoms with E-state index in [0.29, 0.717) is 24.3 Å². The third-order valence-electron chi connectivity index (χ3n) is 7.37. The largest absolute Gasteiger partial charge is 0.432 e. The first-order valence-electron chi connectivity index (χ1n) is 14.1. The van der Waals surface area contributed by atoms with Crippen LogP contribution in [0.5, 0.6) is 5.75 Å². The molecular formula is C36H26F8O2. The number of hydrogen-bond acceptors (Lipinski definition) is 2. The first-order chi connectivity index (χ1) is 22.0. The lowest BCUT2D eigenvalue weighted by Crippen LogP contribution is -2.25. The second-order valence-electron chi connectivity index (χ2n) is 10.5. The van der Waals surface area contributed by atoms with Gasteiger partial charge in [0.1, 0.15) is 47.1 Å². The molecule has 2 nitrogen and oxygen atoms in total. The minimum absolute atomic E-state index is 0.131. The lowest BCUT2D eigenvalue weighted by molar-refractivity contribution is -0.189. The van der Waals surface area contributed by atoms with Gasteiger partial charge in [0.25, 0.3) is 0 Å². The number of rotatable bonds is 11. The first kappa shape index (κ1) is 32.7. The Balaban J connectivity index is 1.39. The van der Waals surface area contributed by atoms with Gasteiger partial charge in [0.15, 0.2) is 0 Å². The van der Waals surface area contributed by atoms with Crippen molar-refractivity contribution in [2.24, 2.45) is 0 Å². The molecule has 0 amide bonds. The van der Waals surface area contributed by atoms with Crippen LogP contribution in [0.4, 0.5) is 35.1 Å². The standard InChI is InChI=1S/C36H26F8O2/c1-45-14-2-3-21-4-8-23(9-5-21)24-10-13-28(29(38)15-24)25-16-30(39)34(31(40)17-25)26-18-32(41)35(33(42)19-26)36(43,44)46-27-11-6-22(20-37)7-12-27/h4-13,15-19H,2-3,14,20H2,1H3. The minimum Gasteiger partial charge on any atom is -0.429 e. The summed E-state index contributed by atoms with van der Waals surface area (Å²) in [6.45, 7) is -0.228. The molecule has 0 fully saturated rings. The molecule has 0 saturated heterocycles. The van der Waals surface area contributed by atoms with Crippen LogP contribution in [0.1, 0.15) is 23.1 Å². The number of halogens is 8. The van der Waals surface area contributed by atoms with Crippen LogP contribution < -0.4 is 4.74 Å². The Kier molecular flexibility index (Phi) is 9.76. The summed E-state index contributed by atoms with van der Waals surface area (Å²) < 4.78 is 127. The minimum atomic E-state index is -4.53. The molecule has 0 spiro atoms. The van der Waals surface area contributed by atoms with Crippen molar-refractivity contribution in [3.63, 3.8) is 0 Å². The van der Waals surface area contributed by atoms with Crippen molar-refractivity contribution in [1.82, 2.24) is 0 Å². The zero-order valence-corrected chi connectivity index (χ0v) is 24.3. The van der Waals surface area contributed by atoms with Crippen LogP contribution in [-0.4, -0.2) is 13.7 Å². The molecule has 5 aromatic carbocycles. The molecule has 0 heterocycles. The second kappa shape index (κ2) is 13.7. The van der Waals surface area contributed by atoms with Crippen LogP contribution in [0.2, 0.25) is 0 Å². The van der Waals surface area contributed by atoms with Crippen molar-refractivity contribution in [1.29, 1.82) is 0 Å². The monoisotopic (exact) mass is 642 g/mol. The summed E-state index contributed by atoms with van der Waals surface area (Å²) in [6.07, 6.45) is -2.86. The van der Waals surface area contributed by atoms with Gasteiger partial charge in [-0.1, -0.05) is 48.5 Å². The second-order valence-corrected chi connectivity index (χ2v) is 10.5. The van der Waals surface area contributed by atoms with Gasteiger partial charge in [0.05, 0.1) is 5.56 Å². The van der Waals surface area contributed by atoms with Gasteiger partial charge in [-0.25, -0.2) is 26.3 Å². The zero-order valence-electron chi connectivity index (χ0n) is 24.3. The van der Waals surface area contributed by atoms with Crippen LogP contribution in [0, 0.1) is 29.1 Å². The van der Waals surface area contributed by atoms with Gasteiger partial charge in [-0.2, -0.15) is 8.78 Å². The van der Waals surface area contributed by atoms with Crippen LogP contribution in [0.25, 0.3) is 33.4 Å². The normalized spacial score (nSPS) is 11.6. The SMILES string of the molecule is COCCCc1ccc(-c2ccc(-c3cc(F)c(-c4cc(F)c(C(F)(F)Oc5ccc(CF)cc5)c(F)c4)c(F)c3)c(F)c2)cc1. The molecule has 0 aromatic heterocycles. The predicted octanol–water partition coefficient (Wildman–Crippen LogP) is 10.6. The molecule has 0 N–H and O–H groups in total. The van der Waals surface area contributed by atoms with Crippen molar-refractivity contribution in [3.8, 4) is 39.1 Å². The van der Waals surface area contributed by atoms with E-state index in [2.05, 4.69) is 4.74 Å². The van der Waals surface area contributed by atoms with Crippen LogP contribution in [-0.2, 0) is 23.9 Å². The van der Waals surface area contributed by atoms with Crippen molar-refractivity contribution in [2.75, 3.05) is 13.7 Å². The Labute approximate surface area is 259 Å². The Hall–Kier alpha value is -4.70. The molecule has 5 aromatic rings. The highest BCUT2D eigenvalue weighted by Gasteiger charge is 2.41. The number of alkyl halides is 3. The van der Waals surface area contributed by atoms with Crippen LogP contribution in [0.15, 0.2) is 91.0 Å². The predicted molar refractivity (Wildman–Crippen MR) is 159 cm³/mol. The molecule has 0 bridgehead atoms. The Morgan fingerprint density at radius 2 is 1.13 bits per heavy atom. The maximum Gasteiger partial charge on any atom is 0.432 e. The lowest BCUT2D eigenvalue weighted by atomic mass is 9.95. The van der Waals surface area contributed by atoms with E-state index < -0.39 is 64.3 Å². The molecule has 46 heavy (non-hydrogen) atoms. The van der Waals surface area contributed by atoms with E-state index in [1.807, 2.05) is 24.3 Å². The topological polar surface area (TPSA) is 18.5 Å². The molecule has 0 radical (unpaired) electrons. The lowest BCUT2D eigenvalue weighted by Gasteiger charge is -2.20. The van der Waals surface area contributed by atoms with E-state index in [0.717, 1.165) is 60.4 Å². The maximum atomic E-state index is 15.2. The van der Waals surface area contributed by atoms with Gasteiger partial charge in [0, 0.05) is 19.3 Å². The van der Waals surface area contributed by atoms with E-state index in [1.165, 1.54) is 12.1 Å². The molecule has 0 saturated carbocycles. The number of benzene rings is 5. The van der Waals surface area contributed by atoms with Crippen molar-refractivity contribution >= 4 is 0 Å². The summed E-state index contributed by atoms with van der Waals surface area (Å²) in [5.74, 6) is -7.52. The fourth-order valence-electron chi connectivity index (χ4n) is 5.06. The highest BCUT2D eigenvalue weighted by Crippen LogP contribution is 2.39. The van der Waals surface area contributed by atoms with Gasteiger partial charge in [0.2, 0.25) is 0 Å². The molecule has 0 aliphatic heterocycles. The molecule has 0 atom stereocenters. The van der Waals surface area contributed by atoms with E-state index >= 15 is 13.2 Å². The molecule has 10 heteroatoms. The molecule has 238 valence electrons.